The van der Waals surface area contributed by atoms with Crippen molar-refractivity contribution in [2.45, 2.75) is 25.6 Å². The van der Waals surface area contributed by atoms with Gasteiger partial charge in [0.1, 0.15) is 0 Å². The van der Waals surface area contributed by atoms with Crippen LogP contribution in [0.15, 0.2) is 18.2 Å². The Morgan fingerprint density at radius 3 is 2.56 bits per heavy atom. The summed E-state index contributed by atoms with van der Waals surface area (Å²) >= 11 is 0. The number of halogens is 3. The fraction of sp³-hybridized carbons (Fsp3) is 0.364. The highest BCUT2D eigenvalue weighted by Gasteiger charge is 2.30. The van der Waals surface area contributed by atoms with E-state index >= 15 is 0 Å². The van der Waals surface area contributed by atoms with E-state index in [0.29, 0.717) is 0 Å². The molecule has 0 heterocycles. The summed E-state index contributed by atoms with van der Waals surface area (Å²) in [6.07, 6.45) is -5.25. The van der Waals surface area contributed by atoms with Gasteiger partial charge >= 0.3 is 12.1 Å². The molecule has 7 heteroatoms. The summed E-state index contributed by atoms with van der Waals surface area (Å²) in [4.78, 5) is 10.6. The molecule has 1 unspecified atom stereocenters. The molecule has 0 fully saturated rings. The number of carbonyl (C=O) groups is 1. The smallest absolute Gasteiger partial charge is 0.391 e. The standard InChI is InChI=1S/C11H13F3N2O2/c1-6(5-11(12,13)14)16-9-3-2-7(10(17)18)4-8(9)15/h2-4,6,16H,5,15H2,1H3,(H,17,18). The van der Waals surface area contributed by atoms with Crippen LogP contribution < -0.4 is 11.1 Å². The summed E-state index contributed by atoms with van der Waals surface area (Å²) in [7, 11) is 0. The van der Waals surface area contributed by atoms with Crippen LogP contribution in [0.5, 0.6) is 0 Å². The molecule has 0 radical (unpaired) electrons. The topological polar surface area (TPSA) is 75.3 Å². The Balaban J connectivity index is 2.77. The van der Waals surface area contributed by atoms with E-state index in [0.717, 1.165) is 0 Å². The summed E-state index contributed by atoms with van der Waals surface area (Å²) in [5.74, 6) is -1.14. The van der Waals surface area contributed by atoms with E-state index in [1.165, 1.54) is 25.1 Å². The van der Waals surface area contributed by atoms with Crippen LogP contribution in [0.1, 0.15) is 23.7 Å². The van der Waals surface area contributed by atoms with Crippen molar-refractivity contribution < 1.29 is 23.1 Å². The molecular weight excluding hydrogens is 249 g/mol. The molecule has 0 aliphatic heterocycles. The van der Waals surface area contributed by atoms with Crippen LogP contribution in [0, 0.1) is 0 Å². The number of rotatable bonds is 4. The van der Waals surface area contributed by atoms with Gasteiger partial charge in [0.2, 0.25) is 0 Å². The molecular formula is C11H13F3N2O2. The van der Waals surface area contributed by atoms with Crippen LogP contribution >= 0.6 is 0 Å². The average molecular weight is 262 g/mol. The third-order valence-electron chi connectivity index (χ3n) is 2.24. The molecule has 18 heavy (non-hydrogen) atoms. The second-order valence-corrected chi connectivity index (χ2v) is 3.97. The van der Waals surface area contributed by atoms with Gasteiger partial charge < -0.3 is 16.2 Å². The molecule has 0 amide bonds. The van der Waals surface area contributed by atoms with Crippen molar-refractivity contribution >= 4 is 17.3 Å². The third-order valence-corrected chi connectivity index (χ3v) is 2.24. The SMILES string of the molecule is CC(CC(F)(F)F)Nc1ccc(C(=O)O)cc1N. The molecule has 4 nitrogen and oxygen atoms in total. The van der Waals surface area contributed by atoms with Gasteiger partial charge in [-0.1, -0.05) is 0 Å². The predicted octanol–water partition coefficient (Wildman–Crippen LogP) is 2.72. The summed E-state index contributed by atoms with van der Waals surface area (Å²) < 4.78 is 36.4. The maximum atomic E-state index is 12.1. The van der Waals surface area contributed by atoms with Gasteiger partial charge in [-0.3, -0.25) is 0 Å². The highest BCUT2D eigenvalue weighted by atomic mass is 19.4. The van der Waals surface area contributed by atoms with E-state index < -0.39 is 24.6 Å². The Morgan fingerprint density at radius 1 is 1.50 bits per heavy atom. The lowest BCUT2D eigenvalue weighted by Gasteiger charge is -2.18. The highest BCUT2D eigenvalue weighted by Crippen LogP contribution is 2.26. The number of nitrogen functional groups attached to an aromatic ring is 1. The molecule has 1 rings (SSSR count). The molecule has 0 aliphatic carbocycles. The summed E-state index contributed by atoms with van der Waals surface area (Å²) in [6.45, 7) is 1.37. The van der Waals surface area contributed by atoms with Crippen LogP contribution in [-0.4, -0.2) is 23.3 Å². The van der Waals surface area contributed by atoms with Gasteiger partial charge in [0.25, 0.3) is 0 Å². The second-order valence-electron chi connectivity index (χ2n) is 3.97. The first-order valence-corrected chi connectivity index (χ1v) is 5.15. The number of nitrogens with one attached hydrogen (secondary N) is 1. The number of carboxylic acids is 1. The van der Waals surface area contributed by atoms with E-state index in [9.17, 15) is 18.0 Å². The fourth-order valence-corrected chi connectivity index (χ4v) is 1.49. The molecule has 100 valence electrons. The minimum absolute atomic E-state index is 0.0125. The van der Waals surface area contributed by atoms with E-state index in [2.05, 4.69) is 5.32 Å². The largest absolute Gasteiger partial charge is 0.478 e. The Bertz CT molecular complexity index is 446. The van der Waals surface area contributed by atoms with E-state index in [4.69, 9.17) is 10.8 Å². The molecule has 1 atom stereocenters. The molecule has 0 saturated carbocycles. The Kier molecular flexibility index (Phi) is 4.05. The lowest BCUT2D eigenvalue weighted by atomic mass is 10.1. The van der Waals surface area contributed by atoms with Gasteiger partial charge in [-0.25, -0.2) is 4.79 Å². The van der Waals surface area contributed by atoms with Crippen molar-refractivity contribution in [3.63, 3.8) is 0 Å². The molecule has 0 aromatic heterocycles. The predicted molar refractivity (Wildman–Crippen MR) is 61.6 cm³/mol. The highest BCUT2D eigenvalue weighted by molar-refractivity contribution is 5.90. The minimum Gasteiger partial charge on any atom is -0.478 e. The van der Waals surface area contributed by atoms with E-state index in [1.807, 2.05) is 0 Å². The molecule has 0 bridgehead atoms. The van der Waals surface area contributed by atoms with Gasteiger partial charge in [0.15, 0.2) is 0 Å². The van der Waals surface area contributed by atoms with Crippen molar-refractivity contribution in [2.75, 3.05) is 11.1 Å². The molecule has 0 aliphatic rings. The zero-order chi connectivity index (χ0) is 13.9. The van der Waals surface area contributed by atoms with Gasteiger partial charge in [0, 0.05) is 6.04 Å². The number of anilines is 2. The minimum atomic E-state index is -4.26. The number of hydrogen-bond acceptors (Lipinski definition) is 3. The first kappa shape index (κ1) is 14.1. The second kappa shape index (κ2) is 5.16. The number of nitrogens with two attached hydrogens (primary N) is 1. The molecule has 0 spiro atoms. The Labute approximate surface area is 102 Å². The zero-order valence-electron chi connectivity index (χ0n) is 9.58. The quantitative estimate of drug-likeness (QED) is 0.729. The molecule has 4 N–H and O–H groups in total. The van der Waals surface area contributed by atoms with E-state index in [-0.39, 0.29) is 16.9 Å². The zero-order valence-corrected chi connectivity index (χ0v) is 9.58. The third kappa shape index (κ3) is 4.15. The number of hydrogen-bond donors (Lipinski definition) is 3. The van der Waals surface area contributed by atoms with Crippen molar-refractivity contribution in [1.82, 2.24) is 0 Å². The first-order valence-electron chi connectivity index (χ1n) is 5.15. The first-order chi connectivity index (χ1) is 8.19. The van der Waals surface area contributed by atoms with Crippen LogP contribution in [0.4, 0.5) is 24.5 Å². The van der Waals surface area contributed by atoms with Crippen molar-refractivity contribution in [2.24, 2.45) is 0 Å². The maximum absolute atomic E-state index is 12.1. The number of benzene rings is 1. The lowest BCUT2D eigenvalue weighted by molar-refractivity contribution is -0.136. The van der Waals surface area contributed by atoms with Crippen LogP contribution in [-0.2, 0) is 0 Å². The van der Waals surface area contributed by atoms with Crippen molar-refractivity contribution in [3.05, 3.63) is 23.8 Å². The maximum Gasteiger partial charge on any atom is 0.391 e. The van der Waals surface area contributed by atoms with Crippen LogP contribution in [0.2, 0.25) is 0 Å². The summed E-state index contributed by atoms with van der Waals surface area (Å²) in [5, 5.41) is 11.3. The Morgan fingerprint density at radius 2 is 2.11 bits per heavy atom. The fourth-order valence-electron chi connectivity index (χ4n) is 1.49. The molecule has 1 aromatic rings. The molecule has 1 aromatic carbocycles. The van der Waals surface area contributed by atoms with Gasteiger partial charge in [-0.05, 0) is 25.1 Å². The van der Waals surface area contributed by atoms with Gasteiger partial charge in [0.05, 0.1) is 23.4 Å². The van der Waals surface area contributed by atoms with E-state index in [1.54, 1.807) is 0 Å². The number of carboxylic acid groups (broad SMARTS) is 1. The van der Waals surface area contributed by atoms with Crippen LogP contribution in [0.25, 0.3) is 0 Å². The van der Waals surface area contributed by atoms with Gasteiger partial charge in [-0.15, -0.1) is 0 Å². The molecule has 0 saturated heterocycles. The van der Waals surface area contributed by atoms with Crippen molar-refractivity contribution in [3.8, 4) is 0 Å². The average Bonchev–Trinajstić information content (AvgIpc) is 2.17. The number of alkyl halides is 3. The monoisotopic (exact) mass is 262 g/mol. The summed E-state index contributed by atoms with van der Waals surface area (Å²) in [6, 6.07) is 2.99. The van der Waals surface area contributed by atoms with Crippen molar-refractivity contribution in [1.29, 1.82) is 0 Å². The van der Waals surface area contributed by atoms with Crippen LogP contribution in [0.3, 0.4) is 0 Å². The van der Waals surface area contributed by atoms with Gasteiger partial charge in [-0.2, -0.15) is 13.2 Å². The normalized spacial score (nSPS) is 13.1. The lowest BCUT2D eigenvalue weighted by Crippen LogP contribution is -2.24. The summed E-state index contributed by atoms with van der Waals surface area (Å²) in [5.41, 5.74) is 5.94. The number of aromatic carboxylic acids is 1. The Hall–Kier alpha value is -1.92.